The Morgan fingerprint density at radius 3 is 2.18 bits per heavy atom. The van der Waals surface area contributed by atoms with Crippen LogP contribution in [0.5, 0.6) is 17.2 Å². The van der Waals surface area contributed by atoms with Gasteiger partial charge in [0.2, 0.25) is 0 Å². The number of hydrogen-bond acceptors (Lipinski definition) is 4. The summed E-state index contributed by atoms with van der Waals surface area (Å²) in [4.78, 5) is -0.371. The molecule has 0 aliphatic heterocycles. The topological polar surface area (TPSA) is 86.7 Å². The second kappa shape index (κ2) is 13.0. The summed E-state index contributed by atoms with van der Waals surface area (Å²) < 4.78 is 38.6. The first kappa shape index (κ1) is 25.6. The van der Waals surface area contributed by atoms with Gasteiger partial charge in [-0.25, -0.2) is 0 Å². The summed E-state index contributed by atoms with van der Waals surface area (Å²) in [5.41, 5.74) is 0.386. The van der Waals surface area contributed by atoms with E-state index < -0.39 is 10.1 Å². The Morgan fingerprint density at radius 1 is 0.964 bits per heavy atom. The summed E-state index contributed by atoms with van der Waals surface area (Å²) in [5, 5.41) is 12.4. The van der Waals surface area contributed by atoms with Gasteiger partial charge in [0, 0.05) is 0 Å². The fraction of sp³-hybridized carbons (Fsp3) is 0.429. The predicted molar refractivity (Wildman–Crippen MR) is 104 cm³/mol. The zero-order valence-corrected chi connectivity index (χ0v) is 20.6. The van der Waals surface area contributed by atoms with Crippen molar-refractivity contribution < 1.29 is 74.2 Å². The van der Waals surface area contributed by atoms with E-state index >= 15 is 0 Å². The Bertz CT molecular complexity index is 822. The van der Waals surface area contributed by atoms with Crippen molar-refractivity contribution in [1.29, 1.82) is 0 Å². The monoisotopic (exact) mass is 430 g/mol. The van der Waals surface area contributed by atoms with E-state index in [2.05, 4.69) is 6.92 Å². The van der Waals surface area contributed by atoms with Gasteiger partial charge in [0.25, 0.3) is 10.1 Å². The van der Waals surface area contributed by atoms with Crippen molar-refractivity contribution in [2.24, 2.45) is 0 Å². The first-order chi connectivity index (χ1) is 12.9. The fourth-order valence-electron chi connectivity index (χ4n) is 2.95. The molecule has 0 radical (unpaired) electrons. The quantitative estimate of drug-likeness (QED) is 0.335. The second-order valence-electron chi connectivity index (χ2n) is 6.67. The van der Waals surface area contributed by atoms with Gasteiger partial charge in [-0.2, -0.15) is 8.42 Å². The summed E-state index contributed by atoms with van der Waals surface area (Å²) >= 11 is 0. The summed E-state index contributed by atoms with van der Waals surface area (Å²) in [7, 11) is -4.50. The standard InChI is InChI=1S/C21H28O5S.K/c1-2-3-4-5-6-7-9-12-17-15-21(27(23,24)25)20(16-19(17)22)26-18-13-10-8-11-14-18;/h8,10-11,13-16,22H,2-7,9,12H2,1H3,(H,23,24,25);/q;+1/p-1. The van der Waals surface area contributed by atoms with Crippen LogP contribution >= 0.6 is 0 Å². The van der Waals surface area contributed by atoms with Crippen molar-refractivity contribution in [3.05, 3.63) is 48.0 Å². The summed E-state index contributed by atoms with van der Waals surface area (Å²) in [6.45, 7) is 2.17. The SMILES string of the molecule is CCCCCCCCCc1cc(S(=O)(=O)O)c(Oc2ccccc2)cc1[O-].[K+]. The number of aryl methyl sites for hydroxylation is 1. The number of ether oxygens (including phenoxy) is 1. The van der Waals surface area contributed by atoms with E-state index in [0.717, 1.165) is 25.3 Å². The molecule has 0 spiro atoms. The van der Waals surface area contributed by atoms with Crippen LogP contribution in [0.15, 0.2) is 47.4 Å². The van der Waals surface area contributed by atoms with Crippen molar-refractivity contribution in [2.75, 3.05) is 0 Å². The molecule has 0 aliphatic rings. The third-order valence-electron chi connectivity index (χ3n) is 4.43. The smallest absolute Gasteiger partial charge is 0.872 e. The van der Waals surface area contributed by atoms with Crippen LogP contribution in [0.3, 0.4) is 0 Å². The maximum absolute atomic E-state index is 12.4. The molecule has 0 unspecified atom stereocenters. The first-order valence-corrected chi connectivity index (χ1v) is 10.9. The minimum Gasteiger partial charge on any atom is -0.872 e. The fourth-order valence-corrected chi connectivity index (χ4v) is 3.59. The van der Waals surface area contributed by atoms with Crippen LogP contribution in [0.2, 0.25) is 0 Å². The van der Waals surface area contributed by atoms with Crippen LogP contribution in [-0.4, -0.2) is 13.0 Å². The average molecular weight is 431 g/mol. The van der Waals surface area contributed by atoms with Crippen LogP contribution < -0.4 is 61.2 Å². The maximum atomic E-state index is 12.4. The second-order valence-corrected chi connectivity index (χ2v) is 8.06. The van der Waals surface area contributed by atoms with E-state index in [4.69, 9.17) is 4.74 Å². The van der Waals surface area contributed by atoms with E-state index in [1.54, 1.807) is 30.3 Å². The van der Waals surface area contributed by atoms with E-state index in [1.165, 1.54) is 31.7 Å². The van der Waals surface area contributed by atoms with Crippen molar-refractivity contribution in [3.63, 3.8) is 0 Å². The van der Waals surface area contributed by atoms with E-state index in [1.807, 2.05) is 0 Å². The molecular weight excluding hydrogens is 403 g/mol. The Balaban J connectivity index is 0.00000392. The van der Waals surface area contributed by atoms with Gasteiger partial charge in [-0.05, 0) is 37.1 Å². The zero-order chi connectivity index (χ0) is 19.7. The zero-order valence-electron chi connectivity index (χ0n) is 16.7. The van der Waals surface area contributed by atoms with Crippen molar-refractivity contribution in [3.8, 4) is 17.2 Å². The van der Waals surface area contributed by atoms with Crippen molar-refractivity contribution >= 4 is 10.1 Å². The predicted octanol–water partition coefficient (Wildman–Crippen LogP) is 2.10. The largest absolute Gasteiger partial charge is 1.00 e. The van der Waals surface area contributed by atoms with E-state index in [0.29, 0.717) is 17.7 Å². The molecule has 2 rings (SSSR count). The average Bonchev–Trinajstić information content (AvgIpc) is 2.62. The summed E-state index contributed by atoms with van der Waals surface area (Å²) in [6.07, 6.45) is 8.24. The van der Waals surface area contributed by atoms with Gasteiger partial charge < -0.3 is 9.84 Å². The van der Waals surface area contributed by atoms with Crippen molar-refractivity contribution in [1.82, 2.24) is 0 Å². The molecule has 0 aromatic heterocycles. The normalized spacial score (nSPS) is 11.1. The molecule has 0 fully saturated rings. The summed E-state index contributed by atoms with van der Waals surface area (Å²) in [6, 6.07) is 10.9. The van der Waals surface area contributed by atoms with Crippen LogP contribution in [-0.2, 0) is 16.5 Å². The summed E-state index contributed by atoms with van der Waals surface area (Å²) in [5.74, 6) is -0.0436. The van der Waals surface area contributed by atoms with Gasteiger partial charge in [0.15, 0.2) is 0 Å². The molecule has 2 aromatic rings. The van der Waals surface area contributed by atoms with E-state index in [-0.39, 0.29) is 67.8 Å². The Hall–Kier alpha value is -0.414. The van der Waals surface area contributed by atoms with Crippen LogP contribution in [0.1, 0.15) is 57.4 Å². The number of benzene rings is 2. The molecule has 0 saturated heterocycles. The Kier molecular flexibility index (Phi) is 11.9. The van der Waals surface area contributed by atoms with Gasteiger partial charge in [0.05, 0.1) is 0 Å². The molecule has 148 valence electrons. The molecule has 2 aromatic carbocycles. The van der Waals surface area contributed by atoms with Gasteiger partial charge in [0.1, 0.15) is 16.4 Å². The first-order valence-electron chi connectivity index (χ1n) is 9.46. The van der Waals surface area contributed by atoms with Crippen LogP contribution in [0, 0.1) is 0 Å². The number of hydrogen-bond donors (Lipinski definition) is 1. The minimum atomic E-state index is -4.50. The third kappa shape index (κ3) is 8.53. The van der Waals surface area contributed by atoms with Gasteiger partial charge in [-0.1, -0.05) is 69.2 Å². The van der Waals surface area contributed by atoms with Gasteiger partial charge in [-0.15, -0.1) is 5.75 Å². The van der Waals surface area contributed by atoms with Crippen LogP contribution in [0.25, 0.3) is 0 Å². The molecule has 0 bridgehead atoms. The Labute approximate surface area is 210 Å². The van der Waals surface area contributed by atoms with E-state index in [9.17, 15) is 18.1 Å². The minimum absolute atomic E-state index is 0. The van der Waals surface area contributed by atoms with Crippen LogP contribution in [0.4, 0.5) is 0 Å². The third-order valence-corrected chi connectivity index (χ3v) is 5.30. The molecule has 0 heterocycles. The number of rotatable bonds is 11. The van der Waals surface area contributed by atoms with Gasteiger partial charge >= 0.3 is 51.4 Å². The molecule has 1 N–H and O–H groups in total. The molecule has 0 amide bonds. The molecule has 5 nitrogen and oxygen atoms in total. The molecule has 7 heteroatoms. The number of unbranched alkanes of at least 4 members (excludes halogenated alkanes) is 6. The Morgan fingerprint density at radius 2 is 1.57 bits per heavy atom. The number of para-hydroxylation sites is 1. The molecule has 0 saturated carbocycles. The molecular formula is C21H27KO5S. The molecule has 0 atom stereocenters. The van der Waals surface area contributed by atoms with Crippen molar-refractivity contribution in [2.45, 2.75) is 63.2 Å². The van der Waals surface area contributed by atoms with Gasteiger partial charge in [-0.3, -0.25) is 4.55 Å². The molecule has 28 heavy (non-hydrogen) atoms. The molecule has 0 aliphatic carbocycles. The maximum Gasteiger partial charge on any atom is 1.00 e.